The molecule has 4 rings (SSSR count). The molecule has 0 saturated carbocycles. The summed E-state index contributed by atoms with van der Waals surface area (Å²) >= 11 is 1.50. The van der Waals surface area contributed by atoms with Gasteiger partial charge in [-0.05, 0) is 39.0 Å². The Morgan fingerprint density at radius 1 is 1.18 bits per heavy atom. The lowest BCUT2D eigenvalue weighted by Crippen LogP contribution is -2.19. The Morgan fingerprint density at radius 3 is 2.71 bits per heavy atom. The molecule has 1 amide bonds. The van der Waals surface area contributed by atoms with Crippen molar-refractivity contribution in [3.8, 4) is 10.9 Å². The molecule has 3 aromatic heterocycles. The largest absolute Gasteiger partial charge is 0.497 e. The van der Waals surface area contributed by atoms with E-state index in [9.17, 15) is 4.79 Å². The molecule has 28 heavy (non-hydrogen) atoms. The van der Waals surface area contributed by atoms with Crippen LogP contribution < -0.4 is 10.1 Å². The molecule has 0 aliphatic rings. The standard InChI is InChI=1S/C19H20N6O2S/c1-5-24-15(8-11(2)22-24)18(26)21-17-9-12(3)23-25(17)19-20-14-10-13(27-4)6-7-16(14)28-19/h6-10H,5H2,1-4H3,(H,21,26). The highest BCUT2D eigenvalue weighted by Crippen LogP contribution is 2.29. The summed E-state index contributed by atoms with van der Waals surface area (Å²) in [4.78, 5) is 17.5. The number of hydrogen-bond acceptors (Lipinski definition) is 6. The van der Waals surface area contributed by atoms with Gasteiger partial charge in [-0.15, -0.1) is 0 Å². The number of ether oxygens (including phenoxy) is 1. The summed E-state index contributed by atoms with van der Waals surface area (Å²) in [6.07, 6.45) is 0. The normalized spacial score (nSPS) is 11.1. The molecule has 0 aliphatic carbocycles. The Labute approximate surface area is 165 Å². The van der Waals surface area contributed by atoms with E-state index in [1.807, 2.05) is 45.0 Å². The van der Waals surface area contributed by atoms with E-state index in [0.29, 0.717) is 23.2 Å². The highest BCUT2D eigenvalue weighted by molar-refractivity contribution is 7.20. The fourth-order valence-electron chi connectivity index (χ4n) is 3.00. The van der Waals surface area contributed by atoms with Crippen LogP contribution >= 0.6 is 11.3 Å². The van der Waals surface area contributed by atoms with E-state index in [1.165, 1.54) is 11.3 Å². The quantitative estimate of drug-likeness (QED) is 0.557. The fraction of sp³-hybridized carbons (Fsp3) is 0.263. The summed E-state index contributed by atoms with van der Waals surface area (Å²) in [5.74, 6) is 1.08. The summed E-state index contributed by atoms with van der Waals surface area (Å²) in [6, 6.07) is 9.34. The maximum absolute atomic E-state index is 12.8. The van der Waals surface area contributed by atoms with Crippen LogP contribution in [0.15, 0.2) is 30.3 Å². The molecule has 3 heterocycles. The van der Waals surface area contributed by atoms with Gasteiger partial charge in [0.1, 0.15) is 17.3 Å². The summed E-state index contributed by atoms with van der Waals surface area (Å²) < 4.78 is 9.62. The number of rotatable bonds is 5. The zero-order chi connectivity index (χ0) is 19.8. The number of methoxy groups -OCH3 is 1. The average Bonchev–Trinajstić information content (AvgIpc) is 3.36. The second-order valence-electron chi connectivity index (χ2n) is 6.35. The van der Waals surface area contributed by atoms with Crippen LogP contribution in [0.5, 0.6) is 5.75 Å². The topological polar surface area (TPSA) is 86.9 Å². The van der Waals surface area contributed by atoms with Gasteiger partial charge in [-0.2, -0.15) is 14.9 Å². The molecular formula is C19H20N6O2S. The van der Waals surface area contributed by atoms with Crippen LogP contribution in [0.3, 0.4) is 0 Å². The van der Waals surface area contributed by atoms with E-state index in [1.54, 1.807) is 22.5 Å². The Morgan fingerprint density at radius 2 is 1.96 bits per heavy atom. The van der Waals surface area contributed by atoms with E-state index in [4.69, 9.17) is 4.74 Å². The Balaban J connectivity index is 1.70. The van der Waals surface area contributed by atoms with E-state index in [-0.39, 0.29) is 5.91 Å². The van der Waals surface area contributed by atoms with Crippen LogP contribution in [0.2, 0.25) is 0 Å². The highest BCUT2D eigenvalue weighted by atomic mass is 32.1. The van der Waals surface area contributed by atoms with Gasteiger partial charge in [0.15, 0.2) is 0 Å². The third-order valence-electron chi connectivity index (χ3n) is 4.27. The molecule has 144 valence electrons. The molecule has 4 aromatic rings. The molecule has 0 aliphatic heterocycles. The summed E-state index contributed by atoms with van der Waals surface area (Å²) in [5, 5.41) is 12.5. The molecular weight excluding hydrogens is 376 g/mol. The number of carbonyl (C=O) groups is 1. The number of fused-ring (bicyclic) bond motifs is 1. The molecule has 0 fully saturated rings. The van der Waals surface area contributed by atoms with E-state index < -0.39 is 0 Å². The second-order valence-corrected chi connectivity index (χ2v) is 7.36. The lowest BCUT2D eigenvalue weighted by Gasteiger charge is -2.07. The van der Waals surface area contributed by atoms with Gasteiger partial charge in [0, 0.05) is 18.7 Å². The third-order valence-corrected chi connectivity index (χ3v) is 5.28. The van der Waals surface area contributed by atoms with Crippen LogP contribution in [0.25, 0.3) is 15.3 Å². The van der Waals surface area contributed by atoms with Crippen molar-refractivity contribution in [3.63, 3.8) is 0 Å². The first-order valence-electron chi connectivity index (χ1n) is 8.86. The van der Waals surface area contributed by atoms with Crippen molar-refractivity contribution in [2.75, 3.05) is 12.4 Å². The number of nitrogens with zero attached hydrogens (tertiary/aromatic N) is 5. The molecule has 0 saturated heterocycles. The van der Waals surface area contributed by atoms with Crippen LogP contribution in [-0.2, 0) is 6.54 Å². The minimum atomic E-state index is -0.230. The predicted molar refractivity (Wildman–Crippen MR) is 109 cm³/mol. The lowest BCUT2D eigenvalue weighted by molar-refractivity contribution is 0.101. The molecule has 9 heteroatoms. The van der Waals surface area contributed by atoms with Gasteiger partial charge in [0.05, 0.1) is 28.7 Å². The van der Waals surface area contributed by atoms with E-state index in [0.717, 1.165) is 27.4 Å². The van der Waals surface area contributed by atoms with Gasteiger partial charge >= 0.3 is 0 Å². The molecule has 8 nitrogen and oxygen atoms in total. The van der Waals surface area contributed by atoms with Gasteiger partial charge in [-0.3, -0.25) is 9.48 Å². The second kappa shape index (κ2) is 7.08. The first kappa shape index (κ1) is 18.2. The zero-order valence-electron chi connectivity index (χ0n) is 16.1. The minimum absolute atomic E-state index is 0.230. The average molecular weight is 396 g/mol. The van der Waals surface area contributed by atoms with Gasteiger partial charge in [0.25, 0.3) is 5.91 Å². The molecule has 0 atom stereocenters. The SMILES string of the molecule is CCn1nc(C)cc1C(=O)Nc1cc(C)nn1-c1nc2cc(OC)ccc2s1. The number of thiazole rings is 1. The van der Waals surface area contributed by atoms with Crippen LogP contribution in [0.1, 0.15) is 28.8 Å². The zero-order valence-corrected chi connectivity index (χ0v) is 16.9. The molecule has 0 spiro atoms. The minimum Gasteiger partial charge on any atom is -0.497 e. The number of anilines is 1. The summed E-state index contributed by atoms with van der Waals surface area (Å²) in [7, 11) is 1.63. The predicted octanol–water partition coefficient (Wildman–Crippen LogP) is 3.58. The Bertz CT molecular complexity index is 1170. The fourth-order valence-corrected chi connectivity index (χ4v) is 3.91. The van der Waals surface area contributed by atoms with Crippen molar-refractivity contribution in [1.82, 2.24) is 24.5 Å². The molecule has 0 unspecified atom stereocenters. The van der Waals surface area contributed by atoms with E-state index >= 15 is 0 Å². The van der Waals surface area contributed by atoms with Crippen molar-refractivity contribution in [2.45, 2.75) is 27.3 Å². The maximum atomic E-state index is 12.8. The van der Waals surface area contributed by atoms with Crippen LogP contribution in [0, 0.1) is 13.8 Å². The monoisotopic (exact) mass is 396 g/mol. The van der Waals surface area contributed by atoms with Crippen molar-refractivity contribution in [1.29, 1.82) is 0 Å². The maximum Gasteiger partial charge on any atom is 0.275 e. The van der Waals surface area contributed by atoms with Gasteiger partial charge in [-0.25, -0.2) is 4.98 Å². The van der Waals surface area contributed by atoms with E-state index in [2.05, 4.69) is 20.5 Å². The molecule has 0 bridgehead atoms. The molecule has 1 aromatic carbocycles. The van der Waals surface area contributed by atoms with Gasteiger partial charge in [0.2, 0.25) is 5.13 Å². The first-order chi connectivity index (χ1) is 13.5. The number of aromatic nitrogens is 5. The number of nitrogens with one attached hydrogen (secondary N) is 1. The Hall–Kier alpha value is -3.20. The Kier molecular flexibility index (Phi) is 4.60. The van der Waals surface area contributed by atoms with Gasteiger partial charge < -0.3 is 10.1 Å². The van der Waals surface area contributed by atoms with Crippen molar-refractivity contribution >= 4 is 33.3 Å². The summed E-state index contributed by atoms with van der Waals surface area (Å²) in [5.41, 5.74) is 2.92. The first-order valence-corrected chi connectivity index (χ1v) is 9.67. The van der Waals surface area contributed by atoms with Crippen molar-refractivity contribution < 1.29 is 9.53 Å². The number of hydrogen-bond donors (Lipinski definition) is 1. The third kappa shape index (κ3) is 3.24. The summed E-state index contributed by atoms with van der Waals surface area (Å²) in [6.45, 7) is 6.32. The van der Waals surface area contributed by atoms with Crippen LogP contribution in [-0.4, -0.2) is 37.6 Å². The highest BCUT2D eigenvalue weighted by Gasteiger charge is 2.18. The number of carbonyl (C=O) groups excluding carboxylic acids is 1. The number of benzene rings is 1. The smallest absolute Gasteiger partial charge is 0.275 e. The number of amides is 1. The molecule has 0 radical (unpaired) electrons. The van der Waals surface area contributed by atoms with Crippen molar-refractivity contribution in [2.24, 2.45) is 0 Å². The number of aryl methyl sites for hydroxylation is 3. The molecule has 1 N–H and O–H groups in total. The lowest BCUT2D eigenvalue weighted by atomic mass is 10.3. The van der Waals surface area contributed by atoms with Crippen molar-refractivity contribution in [3.05, 3.63) is 47.4 Å². The van der Waals surface area contributed by atoms with Crippen LogP contribution in [0.4, 0.5) is 5.82 Å². The van der Waals surface area contributed by atoms with Gasteiger partial charge in [-0.1, -0.05) is 11.3 Å².